The van der Waals surface area contributed by atoms with Gasteiger partial charge in [0.15, 0.2) is 17.4 Å². The third-order valence-corrected chi connectivity index (χ3v) is 6.79. The first-order valence-corrected chi connectivity index (χ1v) is 11.4. The van der Waals surface area contributed by atoms with Gasteiger partial charge in [0.2, 0.25) is 10.0 Å². The summed E-state index contributed by atoms with van der Waals surface area (Å²) in [6, 6.07) is 1.86. The number of alkyl halides is 3. The van der Waals surface area contributed by atoms with Gasteiger partial charge in [-0.05, 0) is 6.07 Å². The van der Waals surface area contributed by atoms with E-state index in [1.807, 2.05) is 4.90 Å². The summed E-state index contributed by atoms with van der Waals surface area (Å²) in [5.41, 5.74) is -2.38. The summed E-state index contributed by atoms with van der Waals surface area (Å²) in [6.45, 7) is 1.25. The van der Waals surface area contributed by atoms with Gasteiger partial charge < -0.3 is 10.0 Å². The second-order valence-corrected chi connectivity index (χ2v) is 9.61. The second kappa shape index (κ2) is 7.80. The number of rotatable bonds is 3. The van der Waals surface area contributed by atoms with Crippen LogP contribution in [0.1, 0.15) is 5.56 Å². The molecule has 0 aliphatic carbocycles. The summed E-state index contributed by atoms with van der Waals surface area (Å²) in [7, 11) is -1.83. The van der Waals surface area contributed by atoms with Gasteiger partial charge >= 0.3 is 6.18 Å². The number of piperazine rings is 1. The lowest BCUT2D eigenvalue weighted by Gasteiger charge is -2.33. The highest BCUT2D eigenvalue weighted by molar-refractivity contribution is 7.88. The molecule has 1 fully saturated rings. The number of anilines is 1. The number of fused-ring (bicyclic) bond motifs is 1. The zero-order valence-electron chi connectivity index (χ0n) is 17.4. The summed E-state index contributed by atoms with van der Waals surface area (Å²) in [6.07, 6.45) is -2.74. The predicted octanol–water partition coefficient (Wildman–Crippen LogP) is 2.72. The standard InChI is InChI=1S/C19H18F5N5O3S/c1-27-13-8-14(28-3-5-29(6-4-28)33(2,31)32)25-9-11(13)17(26-27)10-7-12(19(22,23)24)16(21)18(30)15(10)20/h7-9,30H,3-6H2,1-2H3. The Hall–Kier alpha value is -3.00. The van der Waals surface area contributed by atoms with Crippen molar-refractivity contribution in [3.05, 3.63) is 35.5 Å². The van der Waals surface area contributed by atoms with E-state index in [1.165, 1.54) is 22.2 Å². The van der Waals surface area contributed by atoms with E-state index < -0.39 is 44.7 Å². The molecule has 1 aliphatic rings. The smallest absolute Gasteiger partial charge is 0.419 e. The highest BCUT2D eigenvalue weighted by Crippen LogP contribution is 2.41. The molecule has 0 unspecified atom stereocenters. The number of hydrogen-bond acceptors (Lipinski definition) is 6. The Balaban J connectivity index is 1.75. The van der Waals surface area contributed by atoms with Crippen molar-refractivity contribution in [2.24, 2.45) is 7.05 Å². The number of phenols is 1. The number of sulfonamides is 1. The minimum Gasteiger partial charge on any atom is -0.503 e. The topological polar surface area (TPSA) is 91.6 Å². The summed E-state index contributed by atoms with van der Waals surface area (Å²) in [4.78, 5) is 6.11. The van der Waals surface area contributed by atoms with Crippen LogP contribution in [0, 0.1) is 11.6 Å². The lowest BCUT2D eigenvalue weighted by molar-refractivity contribution is -0.140. The van der Waals surface area contributed by atoms with Crippen molar-refractivity contribution in [3.63, 3.8) is 0 Å². The van der Waals surface area contributed by atoms with Gasteiger partial charge in [-0.25, -0.2) is 22.2 Å². The highest BCUT2D eigenvalue weighted by atomic mass is 32.2. The van der Waals surface area contributed by atoms with Crippen LogP contribution in [0.5, 0.6) is 5.75 Å². The lowest BCUT2D eigenvalue weighted by atomic mass is 10.0. The molecule has 4 rings (SSSR count). The first-order valence-electron chi connectivity index (χ1n) is 9.60. The number of benzene rings is 1. The highest BCUT2D eigenvalue weighted by Gasteiger charge is 2.38. The number of nitrogens with zero attached hydrogens (tertiary/aromatic N) is 5. The van der Waals surface area contributed by atoms with Gasteiger partial charge in [-0.3, -0.25) is 4.68 Å². The van der Waals surface area contributed by atoms with Crippen LogP contribution in [0.15, 0.2) is 18.3 Å². The van der Waals surface area contributed by atoms with Crippen LogP contribution >= 0.6 is 0 Å². The van der Waals surface area contributed by atoms with E-state index >= 15 is 0 Å². The van der Waals surface area contributed by atoms with Crippen LogP contribution in [0.2, 0.25) is 0 Å². The van der Waals surface area contributed by atoms with Gasteiger partial charge in [0.05, 0.1) is 17.3 Å². The SMILES string of the molecule is Cn1nc(-c2cc(C(F)(F)F)c(F)c(O)c2F)c2cnc(N3CCN(S(C)(=O)=O)CC3)cc21. The van der Waals surface area contributed by atoms with Crippen LogP contribution in [-0.4, -0.2) is 65.0 Å². The minimum atomic E-state index is -5.16. The van der Waals surface area contributed by atoms with Gasteiger partial charge in [0.1, 0.15) is 11.5 Å². The molecule has 1 saturated heterocycles. The monoisotopic (exact) mass is 491 g/mol. The average molecular weight is 491 g/mol. The zero-order chi connectivity index (χ0) is 24.3. The molecule has 8 nitrogen and oxygen atoms in total. The summed E-state index contributed by atoms with van der Waals surface area (Å²) in [5, 5.41) is 13.9. The molecule has 0 saturated carbocycles. The van der Waals surface area contributed by atoms with Crippen molar-refractivity contribution < 1.29 is 35.5 Å². The molecule has 3 aromatic rings. The molecule has 1 N–H and O–H groups in total. The largest absolute Gasteiger partial charge is 0.503 e. The van der Waals surface area contributed by atoms with Crippen LogP contribution < -0.4 is 4.90 Å². The van der Waals surface area contributed by atoms with Gasteiger partial charge in [-0.15, -0.1) is 0 Å². The quantitative estimate of drug-likeness (QED) is 0.567. The van der Waals surface area contributed by atoms with Crippen LogP contribution in [0.3, 0.4) is 0 Å². The van der Waals surface area contributed by atoms with E-state index in [9.17, 15) is 35.5 Å². The molecule has 178 valence electrons. The third kappa shape index (κ3) is 4.08. The van der Waals surface area contributed by atoms with Gasteiger partial charge in [-0.1, -0.05) is 0 Å². The molecular formula is C19H18F5N5O3S. The van der Waals surface area contributed by atoms with Crippen molar-refractivity contribution in [2.75, 3.05) is 37.3 Å². The summed E-state index contributed by atoms with van der Waals surface area (Å²) >= 11 is 0. The second-order valence-electron chi connectivity index (χ2n) is 7.63. The van der Waals surface area contributed by atoms with Crippen molar-refractivity contribution in [2.45, 2.75) is 6.18 Å². The Kier molecular flexibility index (Phi) is 5.47. The molecule has 3 heterocycles. The molecule has 0 atom stereocenters. The lowest BCUT2D eigenvalue weighted by Crippen LogP contribution is -2.48. The maximum absolute atomic E-state index is 14.6. The van der Waals surface area contributed by atoms with Crippen LogP contribution in [0.4, 0.5) is 27.8 Å². The predicted molar refractivity (Wildman–Crippen MR) is 109 cm³/mol. The van der Waals surface area contributed by atoms with E-state index in [4.69, 9.17) is 0 Å². The average Bonchev–Trinajstić information content (AvgIpc) is 3.06. The molecule has 0 amide bonds. The minimum absolute atomic E-state index is 0.189. The van der Waals surface area contributed by atoms with E-state index in [0.29, 0.717) is 24.4 Å². The summed E-state index contributed by atoms with van der Waals surface area (Å²) in [5.74, 6) is -4.94. The number of aromatic hydroxyl groups is 1. The van der Waals surface area contributed by atoms with Crippen molar-refractivity contribution in [1.82, 2.24) is 19.1 Å². The van der Waals surface area contributed by atoms with Gasteiger partial charge in [-0.2, -0.15) is 22.6 Å². The number of aromatic nitrogens is 3. The molecule has 1 aromatic carbocycles. The maximum Gasteiger partial charge on any atom is 0.419 e. The van der Waals surface area contributed by atoms with Crippen LogP contribution in [0.25, 0.3) is 22.2 Å². The van der Waals surface area contributed by atoms with E-state index in [2.05, 4.69) is 10.1 Å². The molecule has 2 aromatic heterocycles. The number of aryl methyl sites for hydroxylation is 1. The summed E-state index contributed by atoms with van der Waals surface area (Å²) < 4.78 is 93.9. The van der Waals surface area contributed by atoms with Crippen LogP contribution in [-0.2, 0) is 23.2 Å². The Labute approximate surface area is 184 Å². The normalized spacial score (nSPS) is 16.0. The number of pyridine rings is 1. The fraction of sp³-hybridized carbons (Fsp3) is 0.368. The fourth-order valence-corrected chi connectivity index (χ4v) is 4.59. The molecule has 0 radical (unpaired) electrons. The molecular weight excluding hydrogens is 473 g/mol. The fourth-order valence-electron chi connectivity index (χ4n) is 3.76. The molecule has 33 heavy (non-hydrogen) atoms. The Morgan fingerprint density at radius 2 is 1.70 bits per heavy atom. The Bertz CT molecular complexity index is 1350. The first kappa shape index (κ1) is 23.2. The van der Waals surface area contributed by atoms with E-state index in [1.54, 1.807) is 6.07 Å². The third-order valence-electron chi connectivity index (χ3n) is 5.49. The number of phenolic OH excluding ortho intramolecular Hbond substituents is 1. The number of halogens is 5. The number of hydrogen-bond donors (Lipinski definition) is 1. The van der Waals surface area contributed by atoms with Crippen molar-refractivity contribution in [1.29, 1.82) is 0 Å². The van der Waals surface area contributed by atoms with Gasteiger partial charge in [0.25, 0.3) is 0 Å². The van der Waals surface area contributed by atoms with E-state index in [-0.39, 0.29) is 30.2 Å². The Morgan fingerprint density at radius 3 is 2.27 bits per heavy atom. The Morgan fingerprint density at radius 1 is 1.06 bits per heavy atom. The molecule has 14 heteroatoms. The first-order chi connectivity index (χ1) is 15.3. The molecule has 1 aliphatic heterocycles. The molecule has 0 bridgehead atoms. The van der Waals surface area contributed by atoms with Crippen molar-refractivity contribution >= 4 is 26.7 Å². The van der Waals surface area contributed by atoms with E-state index in [0.717, 1.165) is 6.26 Å². The van der Waals surface area contributed by atoms with Gasteiger partial charge in [0, 0.05) is 56.4 Å². The molecule has 0 spiro atoms. The zero-order valence-corrected chi connectivity index (χ0v) is 18.2. The van der Waals surface area contributed by atoms with Crippen molar-refractivity contribution in [3.8, 4) is 17.0 Å². The maximum atomic E-state index is 14.6.